The van der Waals surface area contributed by atoms with Gasteiger partial charge in [0.1, 0.15) is 0 Å². The average molecular weight is 435 g/mol. The Bertz CT molecular complexity index is 1090. The Morgan fingerprint density at radius 2 is 1.94 bits per heavy atom. The summed E-state index contributed by atoms with van der Waals surface area (Å²) in [6.07, 6.45) is 3.56. The molecule has 2 amide bonds. The van der Waals surface area contributed by atoms with Crippen molar-refractivity contribution in [1.29, 1.82) is 0 Å². The predicted octanol–water partition coefficient (Wildman–Crippen LogP) is 4.12. The average Bonchev–Trinajstić information content (AvgIpc) is 2.78. The van der Waals surface area contributed by atoms with E-state index in [0.29, 0.717) is 23.8 Å². The Morgan fingerprint density at radius 3 is 2.71 bits per heavy atom. The zero-order valence-corrected chi connectivity index (χ0v) is 17.6. The van der Waals surface area contributed by atoms with E-state index >= 15 is 0 Å². The standard InChI is InChI=1S/C24H23ClN4O2/c25-17-4-3-5-18(12-17)27-24(31)29-14-21-23(19-6-1-2-7-20(19)29)22(15-30)28(21)13-16-8-10-26-11-9-16/h1-12,21-23,30H,13-15H2,(H,27,31)/t21-,22+,23+/m1/s1. The summed E-state index contributed by atoms with van der Waals surface area (Å²) in [5, 5.41) is 13.7. The van der Waals surface area contributed by atoms with Gasteiger partial charge in [0, 0.05) is 59.9 Å². The zero-order valence-electron chi connectivity index (χ0n) is 16.9. The normalized spacial score (nSPS) is 22.3. The highest BCUT2D eigenvalue weighted by atomic mass is 35.5. The minimum Gasteiger partial charge on any atom is -0.395 e. The van der Waals surface area contributed by atoms with Gasteiger partial charge < -0.3 is 10.4 Å². The highest BCUT2D eigenvalue weighted by Gasteiger charge is 2.53. The lowest BCUT2D eigenvalue weighted by Gasteiger charge is -2.59. The summed E-state index contributed by atoms with van der Waals surface area (Å²) in [5.41, 5.74) is 3.79. The van der Waals surface area contributed by atoms with E-state index in [2.05, 4.69) is 21.3 Å². The number of amides is 2. The van der Waals surface area contributed by atoms with Crippen molar-refractivity contribution in [2.75, 3.05) is 23.4 Å². The molecule has 2 aliphatic heterocycles. The van der Waals surface area contributed by atoms with Gasteiger partial charge in [-0.1, -0.05) is 35.9 Å². The molecule has 2 N–H and O–H groups in total. The first-order valence-corrected chi connectivity index (χ1v) is 10.7. The second-order valence-electron chi connectivity index (χ2n) is 7.98. The lowest BCUT2D eigenvalue weighted by Crippen LogP contribution is -2.69. The van der Waals surface area contributed by atoms with E-state index in [-0.39, 0.29) is 30.6 Å². The molecule has 3 heterocycles. The minimum atomic E-state index is -0.190. The number of aromatic nitrogens is 1. The number of nitrogens with zero attached hydrogens (tertiary/aromatic N) is 3. The highest BCUT2D eigenvalue weighted by Crippen LogP contribution is 2.48. The predicted molar refractivity (Wildman–Crippen MR) is 121 cm³/mol. The first kappa shape index (κ1) is 20.0. The number of para-hydroxylation sites is 1. The molecular formula is C24H23ClN4O2. The number of likely N-dealkylation sites (tertiary alicyclic amines) is 1. The SMILES string of the molecule is O=C(Nc1cccc(Cl)c1)N1C[C@@H]2[C@H](c3ccccc31)[C@H](CO)N2Cc1ccncc1. The Kier molecular flexibility index (Phi) is 5.36. The van der Waals surface area contributed by atoms with Crippen molar-refractivity contribution in [1.82, 2.24) is 9.88 Å². The summed E-state index contributed by atoms with van der Waals surface area (Å²) < 4.78 is 0. The second-order valence-corrected chi connectivity index (χ2v) is 8.42. The molecule has 0 unspecified atom stereocenters. The summed E-state index contributed by atoms with van der Waals surface area (Å²) in [6.45, 7) is 1.34. The number of aliphatic hydroxyl groups excluding tert-OH is 1. The molecule has 7 heteroatoms. The smallest absolute Gasteiger partial charge is 0.326 e. The maximum absolute atomic E-state index is 13.2. The van der Waals surface area contributed by atoms with Crippen LogP contribution < -0.4 is 10.2 Å². The molecule has 2 aromatic carbocycles. The van der Waals surface area contributed by atoms with E-state index in [1.807, 2.05) is 42.5 Å². The van der Waals surface area contributed by atoms with E-state index in [4.69, 9.17) is 11.6 Å². The van der Waals surface area contributed by atoms with Gasteiger partial charge >= 0.3 is 6.03 Å². The Hall–Kier alpha value is -2.93. The Labute approximate surface area is 186 Å². The van der Waals surface area contributed by atoms with Crippen LogP contribution in [0.25, 0.3) is 0 Å². The van der Waals surface area contributed by atoms with Crippen molar-refractivity contribution in [2.24, 2.45) is 0 Å². The second kappa shape index (κ2) is 8.30. The van der Waals surface area contributed by atoms with Gasteiger partial charge in [0.25, 0.3) is 0 Å². The van der Waals surface area contributed by atoms with E-state index in [9.17, 15) is 9.90 Å². The quantitative estimate of drug-likeness (QED) is 0.648. The van der Waals surface area contributed by atoms with Gasteiger partial charge in [0.05, 0.1) is 6.61 Å². The molecule has 0 bridgehead atoms. The Balaban J connectivity index is 1.44. The lowest BCUT2D eigenvalue weighted by molar-refractivity contribution is -0.0484. The number of carbonyl (C=O) groups is 1. The third-order valence-electron chi connectivity index (χ3n) is 6.26. The molecular weight excluding hydrogens is 412 g/mol. The summed E-state index contributed by atoms with van der Waals surface area (Å²) in [6, 6.07) is 19.1. The fourth-order valence-corrected chi connectivity index (χ4v) is 5.04. The monoisotopic (exact) mass is 434 g/mol. The number of fused-ring (bicyclic) bond motifs is 3. The molecule has 31 heavy (non-hydrogen) atoms. The van der Waals surface area contributed by atoms with Gasteiger partial charge in [0.15, 0.2) is 0 Å². The number of rotatable bonds is 4. The number of hydrogen-bond acceptors (Lipinski definition) is 4. The maximum atomic E-state index is 13.2. The van der Waals surface area contributed by atoms with Gasteiger partial charge in [-0.25, -0.2) is 4.79 Å². The van der Waals surface area contributed by atoms with Crippen LogP contribution in [-0.2, 0) is 6.54 Å². The molecule has 1 aromatic heterocycles. The Morgan fingerprint density at radius 1 is 1.13 bits per heavy atom. The van der Waals surface area contributed by atoms with Crippen molar-refractivity contribution < 1.29 is 9.90 Å². The van der Waals surface area contributed by atoms with Crippen molar-refractivity contribution in [3.8, 4) is 0 Å². The summed E-state index contributed by atoms with van der Waals surface area (Å²) in [5.74, 6) is 0.193. The van der Waals surface area contributed by atoms with E-state index in [1.165, 1.54) is 0 Å². The van der Waals surface area contributed by atoms with Crippen molar-refractivity contribution in [3.63, 3.8) is 0 Å². The molecule has 5 rings (SSSR count). The molecule has 1 fully saturated rings. The van der Waals surface area contributed by atoms with Crippen LogP contribution in [0.5, 0.6) is 0 Å². The van der Waals surface area contributed by atoms with Gasteiger partial charge in [0.2, 0.25) is 0 Å². The van der Waals surface area contributed by atoms with Crippen LogP contribution in [0.1, 0.15) is 17.0 Å². The van der Waals surface area contributed by atoms with Crippen LogP contribution in [0.15, 0.2) is 73.1 Å². The molecule has 0 aliphatic carbocycles. The van der Waals surface area contributed by atoms with E-state index in [0.717, 1.165) is 16.8 Å². The number of hydrogen-bond donors (Lipinski definition) is 2. The summed E-state index contributed by atoms with van der Waals surface area (Å²) in [7, 11) is 0. The number of pyridine rings is 1. The van der Waals surface area contributed by atoms with Gasteiger partial charge in [-0.15, -0.1) is 0 Å². The molecule has 3 aromatic rings. The topological polar surface area (TPSA) is 68.7 Å². The molecule has 0 radical (unpaired) electrons. The molecule has 0 saturated carbocycles. The van der Waals surface area contributed by atoms with Gasteiger partial charge in [-0.05, 0) is 47.5 Å². The number of aliphatic hydroxyl groups is 1. The van der Waals surface area contributed by atoms with Crippen LogP contribution in [0.3, 0.4) is 0 Å². The first-order chi connectivity index (χ1) is 15.2. The minimum absolute atomic E-state index is 0.0254. The molecule has 158 valence electrons. The fraction of sp³-hybridized carbons (Fsp3) is 0.250. The van der Waals surface area contributed by atoms with Crippen LogP contribution >= 0.6 is 11.6 Å². The van der Waals surface area contributed by atoms with Gasteiger partial charge in [-0.3, -0.25) is 14.8 Å². The van der Waals surface area contributed by atoms with Gasteiger partial charge in [-0.2, -0.15) is 0 Å². The number of carbonyl (C=O) groups excluding carboxylic acids is 1. The number of anilines is 2. The largest absolute Gasteiger partial charge is 0.395 e. The summed E-state index contributed by atoms with van der Waals surface area (Å²) >= 11 is 6.08. The zero-order chi connectivity index (χ0) is 21.4. The van der Waals surface area contributed by atoms with Crippen LogP contribution in [-0.4, -0.2) is 46.3 Å². The van der Waals surface area contributed by atoms with E-state index in [1.54, 1.807) is 29.4 Å². The van der Waals surface area contributed by atoms with Crippen molar-refractivity contribution in [2.45, 2.75) is 24.5 Å². The number of benzene rings is 2. The molecule has 1 saturated heterocycles. The number of halogens is 1. The summed E-state index contributed by atoms with van der Waals surface area (Å²) in [4.78, 5) is 21.4. The van der Waals surface area contributed by atoms with E-state index < -0.39 is 0 Å². The van der Waals surface area contributed by atoms with Crippen molar-refractivity contribution in [3.05, 3.63) is 89.2 Å². The van der Waals surface area contributed by atoms with Crippen molar-refractivity contribution >= 4 is 29.0 Å². The van der Waals surface area contributed by atoms with Crippen LogP contribution in [0, 0.1) is 0 Å². The molecule has 2 aliphatic rings. The van der Waals surface area contributed by atoms with Crippen LogP contribution in [0.2, 0.25) is 5.02 Å². The third-order valence-corrected chi connectivity index (χ3v) is 6.50. The molecule has 0 spiro atoms. The molecule has 3 atom stereocenters. The highest BCUT2D eigenvalue weighted by molar-refractivity contribution is 6.30. The number of nitrogens with one attached hydrogen (secondary N) is 1. The van der Waals surface area contributed by atoms with Crippen LogP contribution in [0.4, 0.5) is 16.2 Å². The maximum Gasteiger partial charge on any atom is 0.326 e. The third kappa shape index (κ3) is 3.67. The fourth-order valence-electron chi connectivity index (χ4n) is 4.85. The first-order valence-electron chi connectivity index (χ1n) is 10.3. The lowest BCUT2D eigenvalue weighted by atomic mass is 9.72. The number of urea groups is 1. The molecule has 6 nitrogen and oxygen atoms in total.